The van der Waals surface area contributed by atoms with Crippen LogP contribution in [0.3, 0.4) is 0 Å². The summed E-state index contributed by atoms with van der Waals surface area (Å²) in [4.78, 5) is 26.1. The van der Waals surface area contributed by atoms with E-state index in [2.05, 4.69) is 11.8 Å². The first-order valence-electron chi connectivity index (χ1n) is 6.89. The third kappa shape index (κ3) is 3.84. The largest absolute Gasteiger partial charge is 0.395 e. The van der Waals surface area contributed by atoms with Crippen LogP contribution in [0.15, 0.2) is 11.4 Å². The van der Waals surface area contributed by atoms with Gasteiger partial charge in [0.2, 0.25) is 5.91 Å². The first-order valence-corrected chi connectivity index (χ1v) is 7.77. The molecule has 1 aromatic heterocycles. The van der Waals surface area contributed by atoms with E-state index in [9.17, 15) is 9.59 Å². The minimum Gasteiger partial charge on any atom is -0.395 e. The summed E-state index contributed by atoms with van der Waals surface area (Å²) in [5, 5.41) is 10.6. The number of likely N-dealkylation sites (tertiary alicyclic amines) is 1. The Balaban J connectivity index is 2.12. The third-order valence-corrected chi connectivity index (χ3v) is 4.33. The number of aliphatic hydroxyl groups is 1. The zero-order valence-electron chi connectivity index (χ0n) is 11.7. The summed E-state index contributed by atoms with van der Waals surface area (Å²) in [7, 11) is 0. The van der Waals surface area contributed by atoms with Crippen molar-refractivity contribution in [2.75, 3.05) is 19.7 Å². The third-order valence-electron chi connectivity index (χ3n) is 3.43. The van der Waals surface area contributed by atoms with Crippen LogP contribution < -0.4 is 5.73 Å². The van der Waals surface area contributed by atoms with Crippen molar-refractivity contribution < 1.29 is 14.7 Å². The highest BCUT2D eigenvalue weighted by atomic mass is 32.1. The molecule has 3 N–H and O–H groups in total. The van der Waals surface area contributed by atoms with Crippen molar-refractivity contribution in [3.8, 4) is 11.8 Å². The molecular formula is C15H18N2O3S. The van der Waals surface area contributed by atoms with Crippen molar-refractivity contribution in [1.82, 2.24) is 4.90 Å². The average molecular weight is 306 g/mol. The molecule has 1 atom stereocenters. The lowest BCUT2D eigenvalue weighted by Crippen LogP contribution is -2.44. The van der Waals surface area contributed by atoms with Crippen molar-refractivity contribution in [3.05, 3.63) is 21.9 Å². The topological polar surface area (TPSA) is 83.6 Å². The zero-order chi connectivity index (χ0) is 15.2. The van der Waals surface area contributed by atoms with Crippen LogP contribution in [0.5, 0.6) is 0 Å². The Morgan fingerprint density at radius 3 is 3.05 bits per heavy atom. The van der Waals surface area contributed by atoms with Crippen LogP contribution in [-0.4, -0.2) is 41.5 Å². The van der Waals surface area contributed by atoms with E-state index in [0.717, 1.165) is 12.8 Å². The highest BCUT2D eigenvalue weighted by Crippen LogP contribution is 2.22. The van der Waals surface area contributed by atoms with Crippen LogP contribution in [0.25, 0.3) is 0 Å². The van der Waals surface area contributed by atoms with Gasteiger partial charge in [-0.25, -0.2) is 0 Å². The van der Waals surface area contributed by atoms with E-state index in [4.69, 9.17) is 10.8 Å². The number of piperidine rings is 1. The predicted octanol–water partition coefficient (Wildman–Crippen LogP) is 0.819. The molecular weight excluding hydrogens is 288 g/mol. The molecule has 0 bridgehead atoms. The van der Waals surface area contributed by atoms with Gasteiger partial charge in [-0.1, -0.05) is 11.8 Å². The molecule has 0 saturated carbocycles. The molecule has 21 heavy (non-hydrogen) atoms. The summed E-state index contributed by atoms with van der Waals surface area (Å²) in [5.41, 5.74) is 6.02. The average Bonchev–Trinajstić information content (AvgIpc) is 2.95. The number of hydrogen-bond acceptors (Lipinski definition) is 4. The molecule has 6 heteroatoms. The Morgan fingerprint density at radius 1 is 1.52 bits per heavy atom. The van der Waals surface area contributed by atoms with E-state index in [0.29, 0.717) is 30.0 Å². The molecule has 1 aliphatic rings. The Kier molecular flexibility index (Phi) is 5.37. The van der Waals surface area contributed by atoms with Gasteiger partial charge < -0.3 is 15.7 Å². The second-order valence-corrected chi connectivity index (χ2v) is 5.85. The van der Waals surface area contributed by atoms with Crippen LogP contribution in [0, 0.1) is 17.8 Å². The minimum atomic E-state index is -0.346. The molecule has 0 aliphatic carbocycles. The van der Waals surface area contributed by atoms with E-state index in [-0.39, 0.29) is 24.3 Å². The van der Waals surface area contributed by atoms with Gasteiger partial charge in [0.25, 0.3) is 5.91 Å². The van der Waals surface area contributed by atoms with Gasteiger partial charge in [-0.15, -0.1) is 11.3 Å². The molecule has 0 aromatic carbocycles. The number of carbonyl (C=O) groups is 2. The van der Waals surface area contributed by atoms with Crippen LogP contribution >= 0.6 is 11.3 Å². The van der Waals surface area contributed by atoms with Crippen LogP contribution in [0.4, 0.5) is 0 Å². The predicted molar refractivity (Wildman–Crippen MR) is 80.7 cm³/mol. The van der Waals surface area contributed by atoms with Crippen molar-refractivity contribution in [3.63, 3.8) is 0 Å². The number of aliphatic hydroxyl groups excluding tert-OH is 1. The van der Waals surface area contributed by atoms with Gasteiger partial charge in [-0.3, -0.25) is 9.59 Å². The second-order valence-electron chi connectivity index (χ2n) is 4.93. The molecule has 1 fully saturated rings. The van der Waals surface area contributed by atoms with Crippen LogP contribution in [0.1, 0.15) is 34.5 Å². The number of thiophene rings is 1. The molecule has 0 spiro atoms. The number of nitrogens with zero attached hydrogens (tertiary/aromatic N) is 1. The Morgan fingerprint density at radius 2 is 2.33 bits per heavy atom. The van der Waals surface area contributed by atoms with Crippen molar-refractivity contribution in [2.24, 2.45) is 11.7 Å². The molecule has 2 amide bonds. The molecule has 1 aliphatic heterocycles. The molecule has 2 heterocycles. The smallest absolute Gasteiger partial charge is 0.265 e. The number of rotatable bonds is 3. The summed E-state index contributed by atoms with van der Waals surface area (Å²) in [6, 6.07) is 1.80. The summed E-state index contributed by atoms with van der Waals surface area (Å²) in [6.07, 6.45) is 1.92. The molecule has 1 saturated heterocycles. The van der Waals surface area contributed by atoms with Crippen molar-refractivity contribution >= 4 is 23.2 Å². The van der Waals surface area contributed by atoms with Gasteiger partial charge in [0, 0.05) is 25.1 Å². The highest BCUT2D eigenvalue weighted by molar-refractivity contribution is 7.12. The van der Waals surface area contributed by atoms with E-state index >= 15 is 0 Å². The van der Waals surface area contributed by atoms with E-state index < -0.39 is 0 Å². The molecule has 1 unspecified atom stereocenters. The monoisotopic (exact) mass is 306 g/mol. The number of amides is 2. The van der Waals surface area contributed by atoms with Crippen LogP contribution in [0.2, 0.25) is 0 Å². The van der Waals surface area contributed by atoms with Gasteiger partial charge in [-0.05, 0) is 24.3 Å². The van der Waals surface area contributed by atoms with Gasteiger partial charge in [0.15, 0.2) is 0 Å². The minimum absolute atomic E-state index is 0.00678. The molecule has 1 aromatic rings. The lowest BCUT2D eigenvalue weighted by atomic mass is 9.97. The van der Waals surface area contributed by atoms with Gasteiger partial charge in [0.05, 0.1) is 12.5 Å². The summed E-state index contributed by atoms with van der Waals surface area (Å²) < 4.78 is 0. The summed E-state index contributed by atoms with van der Waals surface area (Å²) in [5.74, 6) is 5.04. The number of hydrogen-bond donors (Lipinski definition) is 2. The van der Waals surface area contributed by atoms with Gasteiger partial charge >= 0.3 is 0 Å². The Bertz CT molecular complexity index is 585. The van der Waals surface area contributed by atoms with Gasteiger partial charge in [-0.2, -0.15) is 0 Å². The standard InChI is InChI=1S/C15H18N2O3S/c16-14(19)12-5-3-7-17(10-12)15(20)13-11(6-9-21-13)4-1-2-8-18/h6,9,12,18H,2-3,5,7-8,10H2,(H2,16,19). The number of carbonyl (C=O) groups excluding carboxylic acids is 2. The zero-order valence-corrected chi connectivity index (χ0v) is 12.5. The fourth-order valence-electron chi connectivity index (χ4n) is 2.32. The molecule has 5 nitrogen and oxygen atoms in total. The molecule has 112 valence electrons. The van der Waals surface area contributed by atoms with E-state index in [1.54, 1.807) is 11.0 Å². The first kappa shape index (κ1) is 15.5. The first-order chi connectivity index (χ1) is 10.1. The van der Waals surface area contributed by atoms with Crippen LogP contribution in [-0.2, 0) is 4.79 Å². The summed E-state index contributed by atoms with van der Waals surface area (Å²) in [6.45, 7) is 1.03. The van der Waals surface area contributed by atoms with Gasteiger partial charge in [0.1, 0.15) is 4.88 Å². The van der Waals surface area contributed by atoms with Crippen molar-refractivity contribution in [2.45, 2.75) is 19.3 Å². The normalized spacial score (nSPS) is 18.0. The maximum atomic E-state index is 12.5. The lowest BCUT2D eigenvalue weighted by Gasteiger charge is -2.31. The van der Waals surface area contributed by atoms with E-state index in [1.165, 1.54) is 11.3 Å². The molecule has 0 radical (unpaired) electrons. The fraction of sp³-hybridized carbons (Fsp3) is 0.467. The number of primary amides is 1. The Labute approximate surface area is 127 Å². The second kappa shape index (κ2) is 7.25. The summed E-state index contributed by atoms with van der Waals surface area (Å²) >= 11 is 1.35. The van der Waals surface area contributed by atoms with E-state index in [1.807, 2.05) is 5.38 Å². The quantitative estimate of drug-likeness (QED) is 0.811. The Hall–Kier alpha value is -1.84. The highest BCUT2D eigenvalue weighted by Gasteiger charge is 2.28. The lowest BCUT2D eigenvalue weighted by molar-refractivity contribution is -0.123. The van der Waals surface area contributed by atoms with Crippen molar-refractivity contribution in [1.29, 1.82) is 0 Å². The molecule has 2 rings (SSSR count). The maximum Gasteiger partial charge on any atom is 0.265 e. The fourth-order valence-corrected chi connectivity index (χ4v) is 3.14. The number of nitrogens with two attached hydrogens (primary N) is 1. The SMILES string of the molecule is NC(=O)C1CCCN(C(=O)c2sccc2C#CCCO)C1. The maximum absolute atomic E-state index is 12.5.